The third-order valence-corrected chi connectivity index (χ3v) is 6.22. The number of piperazine rings is 1. The molecule has 2 saturated heterocycles. The molecule has 2 heterocycles. The van der Waals surface area contributed by atoms with Crippen LogP contribution in [0.1, 0.15) is 23.6 Å². The van der Waals surface area contributed by atoms with Crippen LogP contribution >= 0.6 is 0 Å². The Labute approximate surface area is 172 Å². The average molecular weight is 396 g/mol. The van der Waals surface area contributed by atoms with E-state index in [0.717, 1.165) is 19.6 Å². The Balaban J connectivity index is 1.47. The van der Waals surface area contributed by atoms with Gasteiger partial charge in [-0.1, -0.05) is 60.7 Å². The van der Waals surface area contributed by atoms with Crippen LogP contribution < -0.4 is 0 Å². The van der Waals surface area contributed by atoms with E-state index in [0.29, 0.717) is 25.6 Å². The zero-order chi connectivity index (χ0) is 20.2. The van der Waals surface area contributed by atoms with Gasteiger partial charge in [0.25, 0.3) is 0 Å². The van der Waals surface area contributed by atoms with Crippen LogP contribution in [-0.4, -0.2) is 82.4 Å². The third-order valence-electron chi connectivity index (χ3n) is 6.22. The van der Waals surface area contributed by atoms with Crippen molar-refractivity contribution < 1.29 is 15.0 Å². The average Bonchev–Trinajstić information content (AvgIpc) is 2.72. The van der Waals surface area contributed by atoms with Crippen molar-refractivity contribution >= 4 is 6.09 Å². The zero-order valence-corrected chi connectivity index (χ0v) is 16.6. The Morgan fingerprint density at radius 1 is 0.931 bits per heavy atom. The second-order valence-electron chi connectivity index (χ2n) is 7.96. The monoisotopic (exact) mass is 395 g/mol. The van der Waals surface area contributed by atoms with Gasteiger partial charge in [0, 0.05) is 51.4 Å². The number of nitrogens with zero attached hydrogens (tertiary/aromatic N) is 3. The zero-order valence-electron chi connectivity index (χ0n) is 16.6. The summed E-state index contributed by atoms with van der Waals surface area (Å²) in [5, 5.41) is 18.8. The lowest BCUT2D eigenvalue weighted by molar-refractivity contribution is -0.0407. The summed E-state index contributed by atoms with van der Waals surface area (Å²) in [7, 11) is 0. The van der Waals surface area contributed by atoms with Gasteiger partial charge in [-0.25, -0.2) is 4.79 Å². The number of carbonyl (C=O) groups is 1. The number of rotatable bonds is 6. The fourth-order valence-electron chi connectivity index (χ4n) is 4.72. The topological polar surface area (TPSA) is 67.2 Å². The number of aliphatic hydroxyl groups is 1. The predicted octanol–water partition coefficient (Wildman–Crippen LogP) is 2.51. The number of hydrogen-bond donors (Lipinski definition) is 2. The first-order valence-electron chi connectivity index (χ1n) is 10.4. The maximum atomic E-state index is 11.4. The summed E-state index contributed by atoms with van der Waals surface area (Å²) in [5.41, 5.74) is 2.58. The molecule has 2 N–H and O–H groups in total. The van der Waals surface area contributed by atoms with Crippen LogP contribution in [0.2, 0.25) is 0 Å². The summed E-state index contributed by atoms with van der Waals surface area (Å²) in [6, 6.07) is 21.9. The number of aliphatic hydroxyl groups excluding tert-OH is 1. The van der Waals surface area contributed by atoms with Gasteiger partial charge < -0.3 is 15.1 Å². The molecule has 0 spiro atoms. The van der Waals surface area contributed by atoms with Crippen molar-refractivity contribution in [1.29, 1.82) is 0 Å². The minimum atomic E-state index is -0.865. The van der Waals surface area contributed by atoms with Gasteiger partial charge in [-0.3, -0.25) is 9.80 Å². The molecule has 154 valence electrons. The second-order valence-corrected chi connectivity index (χ2v) is 7.96. The SMILES string of the molecule is O=C(O)N1CCN(C2CN(C(c3ccccc3)c3ccccc3)C2)C(CCO)C1. The van der Waals surface area contributed by atoms with Crippen LogP contribution in [0.25, 0.3) is 0 Å². The molecule has 2 aromatic carbocycles. The van der Waals surface area contributed by atoms with Crippen LogP contribution in [0.3, 0.4) is 0 Å². The minimum absolute atomic E-state index is 0.0850. The minimum Gasteiger partial charge on any atom is -0.465 e. The Kier molecular flexibility index (Phi) is 6.13. The maximum absolute atomic E-state index is 11.4. The van der Waals surface area contributed by atoms with Gasteiger partial charge in [0.1, 0.15) is 0 Å². The van der Waals surface area contributed by atoms with E-state index in [9.17, 15) is 15.0 Å². The van der Waals surface area contributed by atoms with Gasteiger partial charge in [-0.15, -0.1) is 0 Å². The number of carboxylic acid groups (broad SMARTS) is 1. The quantitative estimate of drug-likeness (QED) is 0.787. The number of hydrogen-bond acceptors (Lipinski definition) is 4. The first kappa shape index (κ1) is 19.9. The molecular formula is C23H29N3O3. The van der Waals surface area contributed by atoms with Crippen molar-refractivity contribution in [3.05, 3.63) is 71.8 Å². The van der Waals surface area contributed by atoms with Crippen LogP contribution in [0.4, 0.5) is 4.79 Å². The van der Waals surface area contributed by atoms with Gasteiger partial charge in [0.2, 0.25) is 0 Å². The molecule has 0 bridgehead atoms. The second kappa shape index (κ2) is 8.95. The van der Waals surface area contributed by atoms with Crippen molar-refractivity contribution in [1.82, 2.24) is 14.7 Å². The lowest BCUT2D eigenvalue weighted by Gasteiger charge is -2.53. The van der Waals surface area contributed by atoms with E-state index >= 15 is 0 Å². The van der Waals surface area contributed by atoms with Crippen molar-refractivity contribution in [2.45, 2.75) is 24.5 Å². The molecule has 2 aromatic rings. The highest BCUT2D eigenvalue weighted by Gasteiger charge is 2.41. The smallest absolute Gasteiger partial charge is 0.407 e. The summed E-state index contributed by atoms with van der Waals surface area (Å²) in [6.07, 6.45) is -0.253. The molecule has 2 aliphatic rings. The molecule has 29 heavy (non-hydrogen) atoms. The van der Waals surface area contributed by atoms with Crippen LogP contribution in [0.15, 0.2) is 60.7 Å². The lowest BCUT2D eigenvalue weighted by Crippen LogP contribution is -2.67. The predicted molar refractivity (Wildman–Crippen MR) is 112 cm³/mol. The van der Waals surface area contributed by atoms with Crippen molar-refractivity contribution in [3.63, 3.8) is 0 Å². The first-order chi connectivity index (χ1) is 14.2. The van der Waals surface area contributed by atoms with Crippen molar-refractivity contribution in [2.24, 2.45) is 0 Å². The first-order valence-corrected chi connectivity index (χ1v) is 10.4. The molecule has 6 nitrogen and oxygen atoms in total. The van der Waals surface area contributed by atoms with E-state index in [1.807, 2.05) is 12.1 Å². The normalized spacial score (nSPS) is 21.3. The van der Waals surface area contributed by atoms with Gasteiger partial charge in [-0.2, -0.15) is 0 Å². The molecule has 0 radical (unpaired) electrons. The van der Waals surface area contributed by atoms with E-state index in [2.05, 4.69) is 58.3 Å². The highest BCUT2D eigenvalue weighted by molar-refractivity contribution is 5.65. The van der Waals surface area contributed by atoms with Gasteiger partial charge >= 0.3 is 6.09 Å². The Morgan fingerprint density at radius 2 is 1.52 bits per heavy atom. The van der Waals surface area contributed by atoms with E-state index in [1.54, 1.807) is 0 Å². The largest absolute Gasteiger partial charge is 0.465 e. The lowest BCUT2D eigenvalue weighted by atomic mass is 9.91. The molecule has 0 aliphatic carbocycles. The fraction of sp³-hybridized carbons (Fsp3) is 0.435. The van der Waals surface area contributed by atoms with E-state index in [1.165, 1.54) is 16.0 Å². The summed E-state index contributed by atoms with van der Waals surface area (Å²) in [6.45, 7) is 3.73. The molecule has 6 heteroatoms. The molecule has 1 amide bonds. The summed E-state index contributed by atoms with van der Waals surface area (Å²) in [4.78, 5) is 17.7. The van der Waals surface area contributed by atoms with E-state index in [-0.39, 0.29) is 18.7 Å². The van der Waals surface area contributed by atoms with Crippen molar-refractivity contribution in [3.8, 4) is 0 Å². The molecule has 4 rings (SSSR count). The maximum Gasteiger partial charge on any atom is 0.407 e. The summed E-state index contributed by atoms with van der Waals surface area (Å²) in [5.74, 6) is 0. The molecule has 2 fully saturated rings. The molecule has 0 aromatic heterocycles. The third kappa shape index (κ3) is 4.29. The molecule has 0 saturated carbocycles. The Hall–Kier alpha value is -2.41. The van der Waals surface area contributed by atoms with E-state index in [4.69, 9.17) is 0 Å². The molecule has 1 unspecified atom stereocenters. The summed E-state index contributed by atoms with van der Waals surface area (Å²) < 4.78 is 0. The van der Waals surface area contributed by atoms with Gasteiger partial charge in [-0.05, 0) is 17.5 Å². The van der Waals surface area contributed by atoms with Gasteiger partial charge in [0.15, 0.2) is 0 Å². The Morgan fingerprint density at radius 3 is 2.03 bits per heavy atom. The molecule has 1 atom stereocenters. The highest BCUT2D eigenvalue weighted by atomic mass is 16.4. The fourth-order valence-corrected chi connectivity index (χ4v) is 4.72. The molecular weight excluding hydrogens is 366 g/mol. The van der Waals surface area contributed by atoms with Crippen molar-refractivity contribution in [2.75, 3.05) is 39.3 Å². The van der Waals surface area contributed by atoms with Crippen LogP contribution in [-0.2, 0) is 0 Å². The number of benzene rings is 2. The summed E-state index contributed by atoms with van der Waals surface area (Å²) >= 11 is 0. The Bertz CT molecular complexity index is 756. The van der Waals surface area contributed by atoms with Crippen LogP contribution in [0.5, 0.6) is 0 Å². The number of amides is 1. The highest BCUT2D eigenvalue weighted by Crippen LogP contribution is 2.34. The standard InChI is InChI=1S/C23H29N3O3/c27-14-11-20-15-24(23(28)29)12-13-26(20)21-16-25(17-21)22(18-7-3-1-4-8-18)19-9-5-2-6-10-19/h1-10,20-22,27H,11-17H2,(H,28,29). The number of likely N-dealkylation sites (tertiary alicyclic amines) is 1. The molecule has 2 aliphatic heterocycles. The van der Waals surface area contributed by atoms with E-state index < -0.39 is 6.09 Å². The van der Waals surface area contributed by atoms with Gasteiger partial charge in [0.05, 0.1) is 6.04 Å². The van der Waals surface area contributed by atoms with Crippen LogP contribution in [0, 0.1) is 0 Å².